The number of hydrogen-bond donors (Lipinski definition) is 2. The molecule has 5 nitrogen and oxygen atoms in total. The third kappa shape index (κ3) is 5.39. The Morgan fingerprint density at radius 3 is 2.62 bits per heavy atom. The molecule has 3 rings (SSSR count). The van der Waals surface area contributed by atoms with E-state index in [-0.39, 0.29) is 0 Å². The summed E-state index contributed by atoms with van der Waals surface area (Å²) in [5.74, 6) is 3.23. The molecule has 5 heteroatoms. The molecule has 2 aliphatic carbocycles. The molecule has 2 N–H and O–H groups in total. The van der Waals surface area contributed by atoms with Crippen LogP contribution in [0.3, 0.4) is 0 Å². The van der Waals surface area contributed by atoms with Gasteiger partial charge in [-0.1, -0.05) is 13.0 Å². The number of aromatic nitrogens is 1. The quantitative estimate of drug-likeness (QED) is 0.621. The van der Waals surface area contributed by atoms with Crippen molar-refractivity contribution >= 4 is 5.96 Å². The zero-order valence-electron chi connectivity index (χ0n) is 14.9. The lowest BCUT2D eigenvalue weighted by Gasteiger charge is -2.28. The summed E-state index contributed by atoms with van der Waals surface area (Å²) in [6, 6.07) is 4.57. The van der Waals surface area contributed by atoms with Gasteiger partial charge >= 0.3 is 0 Å². The van der Waals surface area contributed by atoms with Gasteiger partial charge in [0, 0.05) is 31.9 Å². The molecule has 1 aromatic heterocycles. The van der Waals surface area contributed by atoms with E-state index in [0.29, 0.717) is 6.04 Å². The number of rotatable bonds is 6. The molecule has 0 aliphatic heterocycles. The van der Waals surface area contributed by atoms with Crippen LogP contribution in [0.5, 0.6) is 5.88 Å². The normalized spacial score (nSPS) is 24.5. The van der Waals surface area contributed by atoms with Gasteiger partial charge in [-0.25, -0.2) is 4.98 Å². The molecule has 0 spiro atoms. The van der Waals surface area contributed by atoms with E-state index in [1.165, 1.54) is 38.5 Å². The first kappa shape index (κ1) is 17.1. The molecule has 0 radical (unpaired) electrons. The Hall–Kier alpha value is -1.78. The molecule has 0 bridgehead atoms. The average molecular weight is 330 g/mol. The van der Waals surface area contributed by atoms with Gasteiger partial charge in [0.1, 0.15) is 0 Å². The van der Waals surface area contributed by atoms with Crippen molar-refractivity contribution in [3.05, 3.63) is 23.9 Å². The van der Waals surface area contributed by atoms with Crippen LogP contribution in [0.4, 0.5) is 0 Å². The van der Waals surface area contributed by atoms with Crippen molar-refractivity contribution < 1.29 is 4.74 Å². The van der Waals surface area contributed by atoms with Gasteiger partial charge in [0.05, 0.1) is 6.61 Å². The summed E-state index contributed by atoms with van der Waals surface area (Å²) in [6.45, 7) is 3.87. The van der Waals surface area contributed by atoms with Gasteiger partial charge in [0.2, 0.25) is 5.88 Å². The summed E-state index contributed by atoms with van der Waals surface area (Å²) in [7, 11) is 1.83. The first-order valence-electron chi connectivity index (χ1n) is 9.28. The summed E-state index contributed by atoms with van der Waals surface area (Å²) >= 11 is 0. The van der Waals surface area contributed by atoms with Gasteiger partial charge in [0.15, 0.2) is 5.96 Å². The Morgan fingerprint density at radius 2 is 2.00 bits per heavy atom. The fourth-order valence-electron chi connectivity index (χ4n) is 3.07. The highest BCUT2D eigenvalue weighted by atomic mass is 16.5. The van der Waals surface area contributed by atoms with E-state index >= 15 is 0 Å². The van der Waals surface area contributed by atoms with Gasteiger partial charge in [-0.15, -0.1) is 0 Å². The maximum Gasteiger partial charge on any atom is 0.213 e. The number of aliphatic imine (C=N–C) groups is 1. The Bertz CT molecular complexity index is 531. The lowest BCUT2D eigenvalue weighted by molar-refractivity contribution is 0.288. The van der Waals surface area contributed by atoms with Gasteiger partial charge < -0.3 is 15.4 Å². The highest BCUT2D eigenvalue weighted by Crippen LogP contribution is 2.29. The molecule has 2 aliphatic rings. The van der Waals surface area contributed by atoms with Crippen LogP contribution in [0, 0.1) is 11.8 Å². The monoisotopic (exact) mass is 330 g/mol. The molecule has 24 heavy (non-hydrogen) atoms. The molecule has 0 unspecified atom stereocenters. The minimum atomic E-state index is 0.545. The Kier molecular flexibility index (Phi) is 5.94. The number of pyridine rings is 1. The van der Waals surface area contributed by atoms with Crippen LogP contribution in [0.15, 0.2) is 23.3 Å². The second-order valence-corrected chi connectivity index (χ2v) is 7.29. The first-order valence-corrected chi connectivity index (χ1v) is 9.28. The zero-order chi connectivity index (χ0) is 16.8. The van der Waals surface area contributed by atoms with Crippen LogP contribution in [0.25, 0.3) is 0 Å². The molecular formula is C19H30N4O. The molecule has 0 atom stereocenters. The largest absolute Gasteiger partial charge is 0.477 e. The molecule has 0 amide bonds. The fraction of sp³-hybridized carbons (Fsp3) is 0.684. The van der Waals surface area contributed by atoms with Crippen LogP contribution in [0.2, 0.25) is 0 Å². The standard InChI is InChI=1S/C19H30N4O/c1-14-3-8-17(9-4-14)23-19(20-2)22-12-16-7-10-18(21-11-16)24-13-15-5-6-15/h7,10-11,14-15,17H,3-6,8-9,12-13H2,1-2H3,(H2,20,22,23). The maximum absolute atomic E-state index is 5.67. The SMILES string of the molecule is CN=C(NCc1ccc(OCC2CC2)nc1)NC1CCC(C)CC1. The highest BCUT2D eigenvalue weighted by Gasteiger charge is 2.22. The summed E-state index contributed by atoms with van der Waals surface area (Å²) < 4.78 is 5.67. The molecule has 1 aromatic rings. The van der Waals surface area contributed by atoms with Crippen molar-refractivity contribution in [2.24, 2.45) is 16.8 Å². The van der Waals surface area contributed by atoms with E-state index in [1.807, 2.05) is 19.3 Å². The number of nitrogens with zero attached hydrogens (tertiary/aromatic N) is 2. The van der Waals surface area contributed by atoms with Crippen LogP contribution >= 0.6 is 0 Å². The van der Waals surface area contributed by atoms with Gasteiger partial charge in [-0.05, 0) is 55.9 Å². The maximum atomic E-state index is 5.67. The third-order valence-electron chi connectivity index (χ3n) is 5.00. The second kappa shape index (κ2) is 8.36. The van der Waals surface area contributed by atoms with Crippen molar-refractivity contribution in [2.75, 3.05) is 13.7 Å². The van der Waals surface area contributed by atoms with E-state index in [0.717, 1.165) is 42.4 Å². The topological polar surface area (TPSA) is 58.5 Å². The lowest BCUT2D eigenvalue weighted by Crippen LogP contribution is -2.44. The van der Waals surface area contributed by atoms with E-state index < -0.39 is 0 Å². The van der Waals surface area contributed by atoms with E-state index in [4.69, 9.17) is 4.74 Å². The lowest BCUT2D eigenvalue weighted by atomic mass is 9.87. The predicted molar refractivity (Wildman–Crippen MR) is 97.2 cm³/mol. The molecule has 2 fully saturated rings. The summed E-state index contributed by atoms with van der Waals surface area (Å²) in [5.41, 5.74) is 1.13. The average Bonchev–Trinajstić information content (AvgIpc) is 3.44. The van der Waals surface area contributed by atoms with Crippen molar-refractivity contribution in [1.82, 2.24) is 15.6 Å². The van der Waals surface area contributed by atoms with Crippen LogP contribution < -0.4 is 15.4 Å². The number of nitrogens with one attached hydrogen (secondary N) is 2. The molecule has 2 saturated carbocycles. The van der Waals surface area contributed by atoms with Crippen LogP contribution in [-0.2, 0) is 6.54 Å². The molecular weight excluding hydrogens is 300 g/mol. The molecule has 132 valence electrons. The van der Waals surface area contributed by atoms with Crippen molar-refractivity contribution in [1.29, 1.82) is 0 Å². The van der Waals surface area contributed by atoms with Crippen LogP contribution in [-0.4, -0.2) is 30.6 Å². The summed E-state index contributed by atoms with van der Waals surface area (Å²) in [6.07, 6.45) is 9.56. The van der Waals surface area contributed by atoms with Gasteiger partial charge in [-0.2, -0.15) is 0 Å². The molecule has 0 aromatic carbocycles. The first-order chi connectivity index (χ1) is 11.7. The van der Waals surface area contributed by atoms with Gasteiger partial charge in [0.25, 0.3) is 0 Å². The van der Waals surface area contributed by atoms with E-state index in [2.05, 4.69) is 33.6 Å². The van der Waals surface area contributed by atoms with Crippen molar-refractivity contribution in [3.8, 4) is 5.88 Å². The van der Waals surface area contributed by atoms with Crippen molar-refractivity contribution in [2.45, 2.75) is 58.0 Å². The number of guanidine groups is 1. The molecule has 0 saturated heterocycles. The highest BCUT2D eigenvalue weighted by molar-refractivity contribution is 5.79. The second-order valence-electron chi connectivity index (χ2n) is 7.29. The Morgan fingerprint density at radius 1 is 1.21 bits per heavy atom. The van der Waals surface area contributed by atoms with E-state index in [1.54, 1.807) is 0 Å². The smallest absolute Gasteiger partial charge is 0.213 e. The van der Waals surface area contributed by atoms with Gasteiger partial charge in [-0.3, -0.25) is 4.99 Å². The Labute approximate surface area is 145 Å². The predicted octanol–water partition coefficient (Wildman–Crippen LogP) is 3.11. The Balaban J connectivity index is 1.41. The number of hydrogen-bond acceptors (Lipinski definition) is 3. The number of ether oxygens (including phenoxy) is 1. The minimum Gasteiger partial charge on any atom is -0.477 e. The van der Waals surface area contributed by atoms with Crippen molar-refractivity contribution in [3.63, 3.8) is 0 Å². The minimum absolute atomic E-state index is 0.545. The summed E-state index contributed by atoms with van der Waals surface area (Å²) in [5, 5.41) is 6.92. The summed E-state index contributed by atoms with van der Waals surface area (Å²) in [4.78, 5) is 8.72. The third-order valence-corrected chi connectivity index (χ3v) is 5.00. The fourth-order valence-corrected chi connectivity index (χ4v) is 3.07. The van der Waals surface area contributed by atoms with Crippen LogP contribution in [0.1, 0.15) is 51.0 Å². The zero-order valence-corrected chi connectivity index (χ0v) is 14.9. The molecule has 1 heterocycles. The van der Waals surface area contributed by atoms with E-state index in [9.17, 15) is 0 Å².